The fraction of sp³-hybridized carbons (Fsp3) is 0.133. The van der Waals surface area contributed by atoms with Gasteiger partial charge < -0.3 is 5.32 Å². The van der Waals surface area contributed by atoms with Gasteiger partial charge in [-0.25, -0.2) is 8.78 Å². The molecular formula is C15H13F2NOS. The lowest BCUT2D eigenvalue weighted by Crippen LogP contribution is -2.13. The number of halogens is 2. The van der Waals surface area contributed by atoms with E-state index in [1.165, 1.54) is 6.07 Å². The summed E-state index contributed by atoms with van der Waals surface area (Å²) in [6, 6.07) is 10.1. The first kappa shape index (κ1) is 14.5. The summed E-state index contributed by atoms with van der Waals surface area (Å²) in [7, 11) is 0. The Morgan fingerprint density at radius 2 is 1.85 bits per heavy atom. The fourth-order valence-electron chi connectivity index (χ4n) is 1.70. The number of rotatable bonds is 4. The van der Waals surface area contributed by atoms with Crippen molar-refractivity contribution in [3.8, 4) is 0 Å². The largest absolute Gasteiger partial charge is 0.319 e. The first-order chi connectivity index (χ1) is 9.60. The van der Waals surface area contributed by atoms with E-state index in [1.54, 1.807) is 23.9 Å². The molecule has 0 spiro atoms. The lowest BCUT2D eigenvalue weighted by Gasteiger charge is -2.07. The van der Waals surface area contributed by atoms with Crippen LogP contribution in [0.25, 0.3) is 0 Å². The highest BCUT2D eigenvalue weighted by Crippen LogP contribution is 2.17. The lowest BCUT2D eigenvalue weighted by atomic mass is 10.1. The highest BCUT2D eigenvalue weighted by molar-refractivity contribution is 7.97. The summed E-state index contributed by atoms with van der Waals surface area (Å²) in [6.45, 7) is 0. The van der Waals surface area contributed by atoms with Gasteiger partial charge in [-0.3, -0.25) is 4.79 Å². The van der Waals surface area contributed by atoms with Crippen molar-refractivity contribution in [2.24, 2.45) is 0 Å². The maximum Gasteiger partial charge on any atom is 0.255 e. The van der Waals surface area contributed by atoms with E-state index in [-0.39, 0.29) is 5.69 Å². The molecule has 0 aliphatic carbocycles. The van der Waals surface area contributed by atoms with Crippen LogP contribution >= 0.6 is 11.8 Å². The van der Waals surface area contributed by atoms with Crippen LogP contribution in [0.5, 0.6) is 0 Å². The number of amides is 1. The van der Waals surface area contributed by atoms with Crippen molar-refractivity contribution < 1.29 is 13.6 Å². The number of nitrogens with one attached hydrogen (secondary N) is 1. The Hall–Kier alpha value is -1.88. The Morgan fingerprint density at radius 3 is 2.45 bits per heavy atom. The minimum absolute atomic E-state index is 0.0374. The molecule has 2 aromatic rings. The molecule has 104 valence electrons. The molecule has 5 heteroatoms. The average Bonchev–Trinajstić information content (AvgIpc) is 2.43. The van der Waals surface area contributed by atoms with Gasteiger partial charge in [0.15, 0.2) is 0 Å². The molecule has 0 fully saturated rings. The minimum Gasteiger partial charge on any atom is -0.319 e. The minimum atomic E-state index is -0.794. The second-order valence-corrected chi connectivity index (χ2v) is 5.07. The average molecular weight is 293 g/mol. The smallest absolute Gasteiger partial charge is 0.255 e. The monoisotopic (exact) mass is 293 g/mol. The van der Waals surface area contributed by atoms with E-state index in [0.29, 0.717) is 5.56 Å². The van der Waals surface area contributed by atoms with E-state index in [9.17, 15) is 13.6 Å². The van der Waals surface area contributed by atoms with Gasteiger partial charge in [0, 0.05) is 17.4 Å². The van der Waals surface area contributed by atoms with E-state index in [2.05, 4.69) is 5.32 Å². The summed E-state index contributed by atoms with van der Waals surface area (Å²) >= 11 is 1.69. The van der Waals surface area contributed by atoms with E-state index < -0.39 is 17.5 Å². The summed E-state index contributed by atoms with van der Waals surface area (Å²) in [6.07, 6.45) is 2.00. The summed E-state index contributed by atoms with van der Waals surface area (Å²) in [5.74, 6) is -1.03. The SMILES string of the molecule is CSCc1ccc(C(=O)Nc2ccc(F)cc2F)cc1. The summed E-state index contributed by atoms with van der Waals surface area (Å²) < 4.78 is 26.2. The summed E-state index contributed by atoms with van der Waals surface area (Å²) in [5.41, 5.74) is 1.50. The molecule has 2 nitrogen and oxygen atoms in total. The predicted molar refractivity (Wildman–Crippen MR) is 78.0 cm³/mol. The van der Waals surface area contributed by atoms with Crippen LogP contribution in [0.15, 0.2) is 42.5 Å². The maximum atomic E-state index is 13.4. The fourth-order valence-corrected chi connectivity index (χ4v) is 2.23. The van der Waals surface area contributed by atoms with Crippen LogP contribution in [0.4, 0.5) is 14.5 Å². The van der Waals surface area contributed by atoms with Crippen LogP contribution in [-0.2, 0) is 5.75 Å². The third-order valence-electron chi connectivity index (χ3n) is 2.71. The van der Waals surface area contributed by atoms with Crippen molar-refractivity contribution in [3.63, 3.8) is 0 Å². The quantitative estimate of drug-likeness (QED) is 0.920. The number of benzene rings is 2. The van der Waals surface area contributed by atoms with Gasteiger partial charge in [-0.2, -0.15) is 11.8 Å². The second-order valence-electron chi connectivity index (χ2n) is 4.21. The normalized spacial score (nSPS) is 10.3. The van der Waals surface area contributed by atoms with E-state index in [1.807, 2.05) is 18.4 Å². The predicted octanol–water partition coefficient (Wildman–Crippen LogP) is 4.08. The van der Waals surface area contributed by atoms with E-state index in [0.717, 1.165) is 23.4 Å². The molecule has 2 aromatic carbocycles. The second kappa shape index (κ2) is 6.52. The van der Waals surface area contributed by atoms with Crippen LogP contribution in [0, 0.1) is 11.6 Å². The van der Waals surface area contributed by atoms with Crippen molar-refractivity contribution in [3.05, 3.63) is 65.2 Å². The molecule has 0 bridgehead atoms. The topological polar surface area (TPSA) is 29.1 Å². The molecule has 0 saturated carbocycles. The highest BCUT2D eigenvalue weighted by atomic mass is 32.2. The molecule has 0 heterocycles. The Kier molecular flexibility index (Phi) is 4.74. The number of carbonyl (C=O) groups excluding carboxylic acids is 1. The molecule has 2 rings (SSSR count). The van der Waals surface area contributed by atoms with Gasteiger partial charge in [-0.1, -0.05) is 12.1 Å². The molecule has 0 aliphatic heterocycles. The molecule has 20 heavy (non-hydrogen) atoms. The van der Waals surface area contributed by atoms with Gasteiger partial charge in [0.25, 0.3) is 5.91 Å². The number of carbonyl (C=O) groups is 1. The van der Waals surface area contributed by atoms with Gasteiger partial charge in [-0.05, 0) is 36.1 Å². The lowest BCUT2D eigenvalue weighted by molar-refractivity contribution is 0.102. The standard InChI is InChI=1S/C15H13F2NOS/c1-20-9-10-2-4-11(5-3-10)15(19)18-14-7-6-12(16)8-13(14)17/h2-8H,9H2,1H3,(H,18,19). The number of anilines is 1. The van der Waals surface area contributed by atoms with Crippen molar-refractivity contribution in [1.82, 2.24) is 0 Å². The molecule has 1 N–H and O–H groups in total. The van der Waals surface area contributed by atoms with Gasteiger partial charge in [0.05, 0.1) is 5.69 Å². The van der Waals surface area contributed by atoms with Gasteiger partial charge >= 0.3 is 0 Å². The molecule has 0 saturated heterocycles. The molecule has 0 atom stereocenters. The van der Waals surface area contributed by atoms with Crippen molar-refractivity contribution in [1.29, 1.82) is 0 Å². The molecule has 1 amide bonds. The number of hydrogen-bond donors (Lipinski definition) is 1. The van der Waals surface area contributed by atoms with E-state index >= 15 is 0 Å². The molecule has 0 radical (unpaired) electrons. The first-order valence-corrected chi connectivity index (χ1v) is 7.34. The Morgan fingerprint density at radius 1 is 1.15 bits per heavy atom. The first-order valence-electron chi connectivity index (χ1n) is 5.94. The molecule has 0 unspecified atom stereocenters. The highest BCUT2D eigenvalue weighted by Gasteiger charge is 2.10. The van der Waals surface area contributed by atoms with Crippen LogP contribution in [0.3, 0.4) is 0 Å². The van der Waals surface area contributed by atoms with E-state index in [4.69, 9.17) is 0 Å². The third-order valence-corrected chi connectivity index (χ3v) is 3.33. The van der Waals surface area contributed by atoms with Gasteiger partial charge in [0.1, 0.15) is 11.6 Å². The zero-order chi connectivity index (χ0) is 14.5. The van der Waals surface area contributed by atoms with Crippen LogP contribution in [0.2, 0.25) is 0 Å². The van der Waals surface area contributed by atoms with Crippen LogP contribution in [0.1, 0.15) is 15.9 Å². The van der Waals surface area contributed by atoms with Crippen LogP contribution in [-0.4, -0.2) is 12.2 Å². The van der Waals surface area contributed by atoms with Gasteiger partial charge in [0.2, 0.25) is 0 Å². The Bertz CT molecular complexity index is 614. The zero-order valence-electron chi connectivity index (χ0n) is 10.8. The maximum absolute atomic E-state index is 13.4. The van der Waals surface area contributed by atoms with Gasteiger partial charge in [-0.15, -0.1) is 0 Å². The summed E-state index contributed by atoms with van der Waals surface area (Å²) in [4.78, 5) is 11.9. The number of hydrogen-bond acceptors (Lipinski definition) is 2. The van der Waals surface area contributed by atoms with Crippen molar-refractivity contribution in [2.75, 3.05) is 11.6 Å². The van der Waals surface area contributed by atoms with Crippen molar-refractivity contribution >= 4 is 23.4 Å². The van der Waals surface area contributed by atoms with Crippen LogP contribution < -0.4 is 5.32 Å². The molecule has 0 aromatic heterocycles. The van der Waals surface area contributed by atoms with Crippen molar-refractivity contribution in [2.45, 2.75) is 5.75 Å². The summed E-state index contributed by atoms with van der Waals surface area (Å²) in [5, 5.41) is 2.42. The Balaban J connectivity index is 2.11. The Labute approximate surface area is 120 Å². The molecule has 0 aliphatic rings. The number of thioether (sulfide) groups is 1. The molecular weight excluding hydrogens is 280 g/mol. The third kappa shape index (κ3) is 3.57. The zero-order valence-corrected chi connectivity index (χ0v) is 11.6.